The number of hydrogen-bond donors (Lipinski definition) is 2. The Balaban J connectivity index is 2.43. The molecule has 0 aliphatic carbocycles. The van der Waals surface area contributed by atoms with Crippen LogP contribution in [-0.4, -0.2) is 14.5 Å². The highest BCUT2D eigenvalue weighted by molar-refractivity contribution is 7.16. The van der Waals surface area contributed by atoms with Crippen LogP contribution in [0.25, 0.3) is 16.0 Å². The molecule has 0 spiro atoms. The summed E-state index contributed by atoms with van der Waals surface area (Å²) in [6, 6.07) is 5.77. The van der Waals surface area contributed by atoms with Gasteiger partial charge in [-0.2, -0.15) is 5.10 Å². The molecule has 19 heavy (non-hydrogen) atoms. The molecule has 0 radical (unpaired) electrons. The Labute approximate surface area is 109 Å². The molecule has 0 bridgehead atoms. The molecule has 0 fully saturated rings. The van der Waals surface area contributed by atoms with E-state index in [4.69, 9.17) is 5.84 Å². The van der Waals surface area contributed by atoms with Crippen LogP contribution in [-0.2, 0) is 0 Å². The van der Waals surface area contributed by atoms with Gasteiger partial charge >= 0.3 is 0 Å². The van der Waals surface area contributed by atoms with Gasteiger partial charge in [0, 0.05) is 0 Å². The fraction of sp³-hybridized carbons (Fsp3) is 0. The molecular weight excluding hydrogens is 269 g/mol. The van der Waals surface area contributed by atoms with Gasteiger partial charge in [-0.25, -0.2) is 9.37 Å². The number of nitrogens with zero attached hydrogens (tertiary/aromatic N) is 3. The zero-order valence-corrected chi connectivity index (χ0v) is 10.3. The standard InChI is InChI=1S/C11H8FN5OS/c12-6-1-3-7(4-2-6)17-9-8(19-11(17)16-13)10(18)15-5-14-9/h1-5H,13H2,(H,14,15,18). The largest absolute Gasteiger partial charge is 0.320 e. The number of nitrogens with one attached hydrogen (secondary N) is 1. The first-order valence-electron chi connectivity index (χ1n) is 5.30. The van der Waals surface area contributed by atoms with E-state index >= 15 is 0 Å². The van der Waals surface area contributed by atoms with Crippen molar-refractivity contribution in [2.45, 2.75) is 0 Å². The van der Waals surface area contributed by atoms with Crippen LogP contribution >= 0.6 is 11.3 Å². The molecule has 6 nitrogen and oxygen atoms in total. The Morgan fingerprint density at radius 3 is 2.79 bits per heavy atom. The number of fused-ring (bicyclic) bond motifs is 1. The Hall–Kier alpha value is -2.48. The Morgan fingerprint density at radius 1 is 1.37 bits per heavy atom. The van der Waals surface area contributed by atoms with E-state index in [1.54, 1.807) is 16.7 Å². The van der Waals surface area contributed by atoms with Crippen LogP contribution in [0.5, 0.6) is 0 Å². The van der Waals surface area contributed by atoms with Gasteiger partial charge in [-0.05, 0) is 24.3 Å². The van der Waals surface area contributed by atoms with Crippen LogP contribution in [0.1, 0.15) is 0 Å². The Kier molecular flexibility index (Phi) is 2.64. The lowest BCUT2D eigenvalue weighted by Crippen LogP contribution is -2.15. The third kappa shape index (κ3) is 1.82. The highest BCUT2D eigenvalue weighted by atomic mass is 32.1. The SMILES string of the molecule is NN=c1sc2c(=O)[nH]cnc2n1-c1ccc(F)cc1. The molecule has 8 heteroatoms. The summed E-state index contributed by atoms with van der Waals surface area (Å²) >= 11 is 1.12. The minimum Gasteiger partial charge on any atom is -0.320 e. The van der Waals surface area contributed by atoms with Crippen LogP contribution in [0.2, 0.25) is 0 Å². The van der Waals surface area contributed by atoms with Crippen molar-refractivity contribution in [3.63, 3.8) is 0 Å². The predicted molar refractivity (Wildman–Crippen MR) is 69.3 cm³/mol. The summed E-state index contributed by atoms with van der Waals surface area (Å²) in [5.74, 6) is 4.99. The van der Waals surface area contributed by atoms with E-state index in [1.807, 2.05) is 0 Å². The van der Waals surface area contributed by atoms with Crippen molar-refractivity contribution >= 4 is 21.7 Å². The van der Waals surface area contributed by atoms with Crippen LogP contribution in [0.15, 0.2) is 40.5 Å². The quantitative estimate of drug-likeness (QED) is 0.506. The smallest absolute Gasteiger partial charge is 0.270 e. The molecule has 1 aromatic carbocycles. The van der Waals surface area contributed by atoms with Gasteiger partial charge in [-0.15, -0.1) is 0 Å². The number of thiazole rings is 1. The van der Waals surface area contributed by atoms with Gasteiger partial charge in [0.15, 0.2) is 5.65 Å². The molecule has 0 saturated heterocycles. The van der Waals surface area contributed by atoms with E-state index < -0.39 is 0 Å². The third-order valence-corrected chi connectivity index (χ3v) is 3.63. The van der Waals surface area contributed by atoms with Crippen molar-refractivity contribution in [2.24, 2.45) is 10.9 Å². The van der Waals surface area contributed by atoms with Gasteiger partial charge in [0.25, 0.3) is 5.56 Å². The van der Waals surface area contributed by atoms with E-state index in [9.17, 15) is 9.18 Å². The van der Waals surface area contributed by atoms with Gasteiger partial charge in [0.1, 0.15) is 10.5 Å². The van der Waals surface area contributed by atoms with E-state index in [1.165, 1.54) is 18.5 Å². The second-order valence-corrected chi connectivity index (χ2v) is 4.69. The molecule has 0 amide bonds. The second kappa shape index (κ2) is 4.32. The van der Waals surface area contributed by atoms with Crippen LogP contribution in [0, 0.1) is 5.82 Å². The number of hydrogen-bond acceptors (Lipinski definition) is 5. The molecule has 0 saturated carbocycles. The number of aromatic amines is 1. The Bertz CT molecular complexity index is 861. The normalized spacial score (nSPS) is 12.2. The van der Waals surface area contributed by atoms with Crippen LogP contribution in [0.3, 0.4) is 0 Å². The first-order valence-corrected chi connectivity index (χ1v) is 6.11. The van der Waals surface area contributed by atoms with Crippen LogP contribution < -0.4 is 16.2 Å². The second-order valence-electron chi connectivity index (χ2n) is 3.71. The minimum absolute atomic E-state index is 0.263. The average molecular weight is 277 g/mol. The molecule has 3 aromatic rings. The number of H-pyrrole nitrogens is 1. The molecule has 0 aliphatic heterocycles. The van der Waals surface area contributed by atoms with E-state index in [-0.39, 0.29) is 11.4 Å². The summed E-state index contributed by atoms with van der Waals surface area (Å²) in [5.41, 5.74) is 0.806. The molecule has 3 rings (SSSR count). The molecule has 2 heterocycles. The summed E-state index contributed by atoms with van der Waals surface area (Å²) in [4.78, 5) is 18.7. The van der Waals surface area contributed by atoms with Crippen molar-refractivity contribution in [1.29, 1.82) is 0 Å². The highest BCUT2D eigenvalue weighted by Crippen LogP contribution is 2.15. The van der Waals surface area contributed by atoms with Gasteiger partial charge in [-0.3, -0.25) is 9.36 Å². The van der Waals surface area contributed by atoms with Gasteiger partial charge in [-0.1, -0.05) is 11.3 Å². The zero-order chi connectivity index (χ0) is 13.4. The lowest BCUT2D eigenvalue weighted by Gasteiger charge is -2.03. The lowest BCUT2D eigenvalue weighted by molar-refractivity contribution is 0.627. The maximum Gasteiger partial charge on any atom is 0.270 e. The van der Waals surface area contributed by atoms with Gasteiger partial charge < -0.3 is 10.8 Å². The summed E-state index contributed by atoms with van der Waals surface area (Å²) in [7, 11) is 0. The number of halogens is 1. The fourth-order valence-electron chi connectivity index (χ4n) is 1.76. The number of rotatable bonds is 1. The van der Waals surface area contributed by atoms with Crippen molar-refractivity contribution < 1.29 is 4.39 Å². The van der Waals surface area contributed by atoms with Gasteiger partial charge in [0.05, 0.1) is 12.0 Å². The van der Waals surface area contributed by atoms with E-state index in [0.29, 0.717) is 20.8 Å². The maximum atomic E-state index is 13.0. The monoisotopic (exact) mass is 277 g/mol. The molecule has 0 aliphatic rings. The first kappa shape index (κ1) is 11.6. The lowest BCUT2D eigenvalue weighted by atomic mass is 10.3. The summed E-state index contributed by atoms with van der Waals surface area (Å²) < 4.78 is 15.0. The molecule has 0 atom stereocenters. The van der Waals surface area contributed by atoms with Crippen molar-refractivity contribution in [2.75, 3.05) is 0 Å². The number of nitrogens with two attached hydrogens (primary N) is 1. The van der Waals surface area contributed by atoms with Crippen molar-refractivity contribution in [1.82, 2.24) is 14.5 Å². The average Bonchev–Trinajstić information content (AvgIpc) is 2.80. The van der Waals surface area contributed by atoms with Crippen molar-refractivity contribution in [3.8, 4) is 5.69 Å². The zero-order valence-electron chi connectivity index (χ0n) is 9.50. The molecule has 2 aromatic heterocycles. The summed E-state index contributed by atoms with van der Waals surface area (Å²) in [5, 5.41) is 3.64. The first-order chi connectivity index (χ1) is 9.20. The molecular formula is C11H8FN5OS. The van der Waals surface area contributed by atoms with Crippen LogP contribution in [0.4, 0.5) is 4.39 Å². The maximum absolute atomic E-state index is 13.0. The highest BCUT2D eigenvalue weighted by Gasteiger charge is 2.11. The minimum atomic E-state index is -0.346. The third-order valence-electron chi connectivity index (χ3n) is 2.58. The number of aromatic nitrogens is 3. The van der Waals surface area contributed by atoms with Gasteiger partial charge in [0.2, 0.25) is 4.80 Å². The topological polar surface area (TPSA) is 89.1 Å². The molecule has 96 valence electrons. The fourth-order valence-corrected chi connectivity index (χ4v) is 2.67. The summed E-state index contributed by atoms with van der Waals surface area (Å²) in [6.07, 6.45) is 1.30. The number of benzene rings is 1. The molecule has 3 N–H and O–H groups in total. The molecule has 0 unspecified atom stereocenters. The summed E-state index contributed by atoms with van der Waals surface area (Å²) in [6.45, 7) is 0. The Morgan fingerprint density at radius 2 is 2.11 bits per heavy atom. The van der Waals surface area contributed by atoms with E-state index in [2.05, 4.69) is 15.1 Å². The van der Waals surface area contributed by atoms with Crippen molar-refractivity contribution in [3.05, 3.63) is 51.6 Å². The van der Waals surface area contributed by atoms with E-state index in [0.717, 1.165) is 11.3 Å². The predicted octanol–water partition coefficient (Wildman–Crippen LogP) is 0.689.